The van der Waals surface area contributed by atoms with Gasteiger partial charge in [-0.25, -0.2) is 0 Å². The van der Waals surface area contributed by atoms with Crippen LogP contribution in [0.2, 0.25) is 0 Å². The van der Waals surface area contributed by atoms with Crippen molar-refractivity contribution in [3.63, 3.8) is 0 Å². The Kier molecular flexibility index (Phi) is 1.22. The first-order valence-electron chi connectivity index (χ1n) is 5.94. The molecule has 0 bridgehead atoms. The van der Waals surface area contributed by atoms with E-state index in [9.17, 15) is 0 Å². The molecule has 1 aromatic rings. The number of hydrogen-bond donors (Lipinski definition) is 1. The summed E-state index contributed by atoms with van der Waals surface area (Å²) in [5, 5.41) is 3.15. The highest BCUT2D eigenvalue weighted by molar-refractivity contribution is 5.16. The molecular formula is C10H12N2. The molecule has 1 aliphatic heterocycles. The first-order chi connectivity index (χ1) is 7.61. The fraction of sp³-hybridized carbons (Fsp3) is 0.300. The van der Waals surface area contributed by atoms with Crippen LogP contribution in [0, 0.1) is 0 Å². The second kappa shape index (κ2) is 3.50. The molecule has 2 nitrogen and oxygen atoms in total. The lowest BCUT2D eigenvalue weighted by molar-refractivity contribution is 0.553. The fourth-order valence-corrected chi connectivity index (χ4v) is 1.23. The highest BCUT2D eigenvalue weighted by atomic mass is 14.9. The largest absolute Gasteiger partial charge is 0.306 e. The Morgan fingerprint density at radius 2 is 2.58 bits per heavy atom. The minimum Gasteiger partial charge on any atom is -0.306 e. The second-order valence-corrected chi connectivity index (χ2v) is 2.67. The van der Waals surface area contributed by atoms with Crippen molar-refractivity contribution in [1.82, 2.24) is 10.3 Å². The van der Waals surface area contributed by atoms with E-state index < -0.39 is 0 Å². The number of nitrogens with zero attached hydrogens (tertiary/aromatic N) is 1. The minimum atomic E-state index is -0.301. The van der Waals surface area contributed by atoms with Gasteiger partial charge in [0.05, 0.1) is 5.48 Å². The van der Waals surface area contributed by atoms with Crippen molar-refractivity contribution in [1.29, 1.82) is 0 Å². The van der Waals surface area contributed by atoms with Gasteiger partial charge in [-0.3, -0.25) is 4.98 Å². The molecule has 1 aliphatic rings. The molecule has 2 heterocycles. The van der Waals surface area contributed by atoms with Gasteiger partial charge in [0.2, 0.25) is 0 Å². The van der Waals surface area contributed by atoms with Crippen LogP contribution in [0.1, 0.15) is 23.5 Å². The van der Waals surface area contributed by atoms with E-state index in [1.165, 1.54) is 0 Å². The number of nitrogens with one attached hydrogen (secondary N) is 1. The highest BCUT2D eigenvalue weighted by Crippen LogP contribution is 2.17. The van der Waals surface area contributed by atoms with Crippen LogP contribution >= 0.6 is 0 Å². The molecule has 0 amide bonds. The van der Waals surface area contributed by atoms with Gasteiger partial charge in [-0.2, -0.15) is 0 Å². The topological polar surface area (TPSA) is 24.9 Å². The summed E-state index contributed by atoms with van der Waals surface area (Å²) in [6.07, 6.45) is 4.29. The molecule has 0 unspecified atom stereocenters. The molecule has 1 aromatic heterocycles. The summed E-state index contributed by atoms with van der Waals surface area (Å²) in [5.74, 6) is 0. The maximum absolute atomic E-state index is 7.78. The van der Waals surface area contributed by atoms with E-state index in [1.807, 2.05) is 12.2 Å². The van der Waals surface area contributed by atoms with Crippen LogP contribution in [-0.2, 0) is 0 Å². The van der Waals surface area contributed by atoms with Gasteiger partial charge in [0.1, 0.15) is 0 Å². The lowest BCUT2D eigenvalue weighted by atomic mass is 10.0. The zero-order chi connectivity index (χ0) is 11.7. The zero-order valence-corrected chi connectivity index (χ0v) is 6.59. The molecule has 0 saturated heterocycles. The third-order valence-electron chi connectivity index (χ3n) is 1.85. The predicted octanol–water partition coefficient (Wildman–Crippen LogP) is 1.67. The summed E-state index contributed by atoms with van der Waals surface area (Å²) in [6, 6.07) is -0.401. The van der Waals surface area contributed by atoms with E-state index in [1.54, 1.807) is 0 Å². The van der Waals surface area contributed by atoms with Gasteiger partial charge in [0, 0.05) is 24.9 Å². The van der Waals surface area contributed by atoms with Crippen LogP contribution in [0.15, 0.2) is 36.6 Å². The normalized spacial score (nSPS) is 27.2. The third-order valence-corrected chi connectivity index (χ3v) is 1.85. The maximum atomic E-state index is 7.78. The summed E-state index contributed by atoms with van der Waals surface area (Å²) in [5.41, 5.74) is 0.422. The monoisotopic (exact) mass is 164 g/mol. The van der Waals surface area contributed by atoms with Gasteiger partial charge in [0.15, 0.2) is 0 Å². The molecular weight excluding hydrogens is 148 g/mol. The number of rotatable bonds is 1. The first kappa shape index (κ1) is 4.19. The van der Waals surface area contributed by atoms with Gasteiger partial charge < -0.3 is 5.32 Å². The molecule has 2 heteroatoms. The van der Waals surface area contributed by atoms with Crippen LogP contribution in [0.4, 0.5) is 0 Å². The summed E-state index contributed by atoms with van der Waals surface area (Å²) in [7, 11) is 0. The summed E-state index contributed by atoms with van der Waals surface area (Å²) in [6.45, 7) is 0.694. The summed E-state index contributed by atoms with van der Waals surface area (Å²) in [4.78, 5) is 3.67. The number of hydrogen-bond acceptors (Lipinski definition) is 2. The molecule has 0 radical (unpaired) electrons. The summed E-state index contributed by atoms with van der Waals surface area (Å²) >= 11 is 0. The molecule has 0 aliphatic carbocycles. The Labute approximate surface area is 78.0 Å². The molecule has 12 heavy (non-hydrogen) atoms. The van der Waals surface area contributed by atoms with E-state index in [0.29, 0.717) is 18.5 Å². The molecule has 1 atom stereocenters. The van der Waals surface area contributed by atoms with E-state index in [2.05, 4.69) is 10.3 Å². The third kappa shape index (κ3) is 1.53. The van der Waals surface area contributed by atoms with Gasteiger partial charge in [-0.1, -0.05) is 18.2 Å². The second-order valence-electron chi connectivity index (χ2n) is 2.67. The molecule has 1 N–H and O–H groups in total. The lowest BCUT2D eigenvalue weighted by Gasteiger charge is -2.19. The maximum Gasteiger partial charge on any atom is 0.0843 e. The first-order valence-corrected chi connectivity index (χ1v) is 3.94. The smallest absolute Gasteiger partial charge is 0.0843 e. The van der Waals surface area contributed by atoms with Gasteiger partial charge in [-0.05, 0) is 18.0 Å². The molecule has 0 fully saturated rings. The number of pyridine rings is 1. The van der Waals surface area contributed by atoms with Crippen molar-refractivity contribution in [2.45, 2.75) is 12.5 Å². The predicted molar refractivity (Wildman–Crippen MR) is 48.7 cm³/mol. The molecule has 0 spiro atoms. The Balaban J connectivity index is 2.47. The molecule has 0 saturated carbocycles. The Bertz CT molecular complexity index is 445. The average Bonchev–Trinajstić information content (AvgIpc) is 2.28. The zero-order valence-electron chi connectivity index (χ0n) is 10.6. The van der Waals surface area contributed by atoms with Crippen LogP contribution in [0.25, 0.3) is 0 Å². The molecule has 2 rings (SSSR count). The lowest BCUT2D eigenvalue weighted by Crippen LogP contribution is -2.23. The Hall–Kier alpha value is -1.15. The highest BCUT2D eigenvalue weighted by Gasteiger charge is 2.10. The van der Waals surface area contributed by atoms with Crippen molar-refractivity contribution in [3.05, 3.63) is 42.1 Å². The van der Waals surface area contributed by atoms with Crippen molar-refractivity contribution in [2.24, 2.45) is 0 Å². The fourth-order valence-electron chi connectivity index (χ4n) is 1.23. The van der Waals surface area contributed by atoms with Crippen molar-refractivity contribution in [2.75, 3.05) is 6.54 Å². The van der Waals surface area contributed by atoms with E-state index in [-0.39, 0.29) is 30.5 Å². The SMILES string of the molecule is [2H]c1nc([2H])c([C@@H]2CC=CCN2)c([2H])c1[2H]. The molecule has 62 valence electrons. The standard InChI is InChI=1S/C10H12N2/c1-2-7-12-10(5-1)9-4-3-6-11-8-9/h1-4,6,8,10,12H,5,7H2/t10-/m0/s1/i3D,4D,6D,8D. The van der Waals surface area contributed by atoms with Crippen molar-refractivity contribution < 1.29 is 5.48 Å². The van der Waals surface area contributed by atoms with Crippen LogP contribution in [-0.4, -0.2) is 11.5 Å². The van der Waals surface area contributed by atoms with E-state index in [0.717, 1.165) is 0 Å². The van der Waals surface area contributed by atoms with E-state index in [4.69, 9.17) is 5.48 Å². The summed E-state index contributed by atoms with van der Waals surface area (Å²) < 4.78 is 30.3. The van der Waals surface area contributed by atoms with Crippen LogP contribution < -0.4 is 5.32 Å². The van der Waals surface area contributed by atoms with Crippen LogP contribution in [0.5, 0.6) is 0 Å². The van der Waals surface area contributed by atoms with Crippen LogP contribution in [0.3, 0.4) is 0 Å². The van der Waals surface area contributed by atoms with Crippen molar-refractivity contribution in [3.8, 4) is 0 Å². The van der Waals surface area contributed by atoms with Gasteiger partial charge in [-0.15, -0.1) is 0 Å². The quantitative estimate of drug-likeness (QED) is 0.639. The molecule has 0 aromatic carbocycles. The van der Waals surface area contributed by atoms with Crippen molar-refractivity contribution >= 4 is 0 Å². The Morgan fingerprint density at radius 3 is 3.42 bits per heavy atom. The van der Waals surface area contributed by atoms with Gasteiger partial charge >= 0.3 is 0 Å². The minimum absolute atomic E-state index is 0.0576. The average molecular weight is 164 g/mol. The number of aromatic nitrogens is 1. The van der Waals surface area contributed by atoms with E-state index >= 15 is 0 Å². The van der Waals surface area contributed by atoms with Gasteiger partial charge in [0.25, 0.3) is 0 Å². The Morgan fingerprint density at radius 1 is 1.58 bits per heavy atom.